The highest BCUT2D eigenvalue weighted by molar-refractivity contribution is 4.80. The fourth-order valence-electron chi connectivity index (χ4n) is 1.86. The van der Waals surface area contributed by atoms with Gasteiger partial charge in [0.1, 0.15) is 0 Å². The average molecular weight is 214 g/mol. The first-order valence-electron chi connectivity index (χ1n) is 6.40. The minimum absolute atomic E-state index is 0.224. The molecule has 0 aromatic rings. The molecule has 0 atom stereocenters. The van der Waals surface area contributed by atoms with Gasteiger partial charge in [-0.2, -0.15) is 0 Å². The van der Waals surface area contributed by atoms with Crippen LogP contribution in [-0.4, -0.2) is 37.1 Å². The zero-order valence-corrected chi connectivity index (χ0v) is 11.6. The summed E-state index contributed by atoms with van der Waals surface area (Å²) in [5, 5.41) is 3.37. The fraction of sp³-hybridized carbons (Fsp3) is 1.00. The number of nitrogens with one attached hydrogen (secondary N) is 1. The van der Waals surface area contributed by atoms with Gasteiger partial charge in [0, 0.05) is 18.6 Å². The predicted octanol–water partition coefficient (Wildman–Crippen LogP) is 2.74. The van der Waals surface area contributed by atoms with E-state index in [2.05, 4.69) is 44.8 Å². The van der Waals surface area contributed by atoms with Gasteiger partial charge in [0.2, 0.25) is 0 Å². The molecule has 0 fully saturated rings. The minimum atomic E-state index is 0.224. The quantitative estimate of drug-likeness (QED) is 0.668. The third-order valence-electron chi connectivity index (χ3n) is 3.41. The molecule has 0 unspecified atom stereocenters. The summed E-state index contributed by atoms with van der Waals surface area (Å²) in [6.07, 6.45) is 2.60. The summed E-state index contributed by atoms with van der Waals surface area (Å²) in [5.41, 5.74) is 0.224. The maximum absolute atomic E-state index is 3.37. The van der Waals surface area contributed by atoms with Crippen LogP contribution in [0.25, 0.3) is 0 Å². The molecule has 0 aromatic heterocycles. The van der Waals surface area contributed by atoms with Crippen LogP contribution in [0.15, 0.2) is 0 Å². The van der Waals surface area contributed by atoms with Crippen LogP contribution in [0, 0.1) is 5.92 Å². The third-order valence-corrected chi connectivity index (χ3v) is 3.41. The van der Waals surface area contributed by atoms with Crippen molar-refractivity contribution >= 4 is 0 Å². The highest BCUT2D eigenvalue weighted by Gasteiger charge is 2.19. The third kappa shape index (κ3) is 6.16. The molecular weight excluding hydrogens is 184 g/mol. The topological polar surface area (TPSA) is 15.3 Å². The highest BCUT2D eigenvalue weighted by Crippen LogP contribution is 2.12. The zero-order valence-electron chi connectivity index (χ0n) is 11.6. The molecule has 0 radical (unpaired) electrons. The first-order valence-corrected chi connectivity index (χ1v) is 6.40. The van der Waals surface area contributed by atoms with Crippen molar-refractivity contribution in [2.45, 2.75) is 53.0 Å². The normalized spacial score (nSPS) is 12.8. The highest BCUT2D eigenvalue weighted by atomic mass is 15.2. The van der Waals surface area contributed by atoms with Gasteiger partial charge in [0.05, 0.1) is 0 Å². The van der Waals surface area contributed by atoms with E-state index in [1.54, 1.807) is 0 Å². The number of likely N-dealkylation sites (N-methyl/N-ethyl adjacent to an activating group) is 2. The average Bonchev–Trinajstić information content (AvgIpc) is 2.24. The Bertz CT molecular complexity index is 151. The smallest absolute Gasteiger partial charge is 0.0249 e. The molecule has 1 N–H and O–H groups in total. The molecule has 0 aromatic carbocycles. The minimum Gasteiger partial charge on any atom is -0.314 e. The Hall–Kier alpha value is -0.0800. The van der Waals surface area contributed by atoms with E-state index < -0.39 is 0 Å². The molecule has 0 amide bonds. The second kappa shape index (κ2) is 7.24. The summed E-state index contributed by atoms with van der Waals surface area (Å²) in [5.74, 6) is 0.859. The van der Waals surface area contributed by atoms with Crippen molar-refractivity contribution in [2.75, 3.05) is 26.7 Å². The van der Waals surface area contributed by atoms with Crippen LogP contribution < -0.4 is 5.32 Å². The van der Waals surface area contributed by atoms with Crippen molar-refractivity contribution in [3.05, 3.63) is 0 Å². The van der Waals surface area contributed by atoms with Crippen molar-refractivity contribution in [3.63, 3.8) is 0 Å². The van der Waals surface area contributed by atoms with Crippen LogP contribution in [-0.2, 0) is 0 Å². The lowest BCUT2D eigenvalue weighted by Crippen LogP contribution is -2.48. The maximum Gasteiger partial charge on any atom is 0.0249 e. The molecule has 0 aliphatic carbocycles. The van der Waals surface area contributed by atoms with Crippen LogP contribution in [0.1, 0.15) is 47.5 Å². The standard InChI is InChI=1S/C13H30N2/c1-7-12(8-2)10-15(9-3)11-13(4,5)14-6/h12,14H,7-11H2,1-6H3. The Balaban J connectivity index is 4.13. The number of rotatable bonds is 8. The van der Waals surface area contributed by atoms with Crippen LogP contribution in [0.5, 0.6) is 0 Å². The SMILES string of the molecule is CCC(CC)CN(CC)CC(C)(C)NC. The van der Waals surface area contributed by atoms with Gasteiger partial charge in [0.15, 0.2) is 0 Å². The van der Waals surface area contributed by atoms with Crippen LogP contribution >= 0.6 is 0 Å². The molecule has 0 saturated carbocycles. The Morgan fingerprint density at radius 1 is 1.13 bits per heavy atom. The summed E-state index contributed by atoms with van der Waals surface area (Å²) in [6, 6.07) is 0. The summed E-state index contributed by atoms with van der Waals surface area (Å²) in [7, 11) is 2.05. The molecule has 0 aliphatic rings. The van der Waals surface area contributed by atoms with Gasteiger partial charge in [-0.25, -0.2) is 0 Å². The molecule has 2 nitrogen and oxygen atoms in total. The van der Waals surface area contributed by atoms with E-state index in [0.29, 0.717) is 0 Å². The fourth-order valence-corrected chi connectivity index (χ4v) is 1.86. The van der Waals surface area contributed by atoms with E-state index in [0.717, 1.165) is 19.0 Å². The van der Waals surface area contributed by atoms with E-state index in [1.807, 2.05) is 7.05 Å². The van der Waals surface area contributed by atoms with Gasteiger partial charge in [-0.15, -0.1) is 0 Å². The monoisotopic (exact) mass is 214 g/mol. The van der Waals surface area contributed by atoms with Crippen molar-refractivity contribution in [3.8, 4) is 0 Å². The van der Waals surface area contributed by atoms with Crippen LogP contribution in [0.4, 0.5) is 0 Å². The summed E-state index contributed by atoms with van der Waals surface area (Å²) in [4.78, 5) is 2.56. The predicted molar refractivity (Wildman–Crippen MR) is 69.3 cm³/mol. The second-order valence-electron chi connectivity index (χ2n) is 5.14. The maximum atomic E-state index is 3.37. The molecule has 0 saturated heterocycles. The van der Waals surface area contributed by atoms with Crippen molar-refractivity contribution in [1.82, 2.24) is 10.2 Å². The second-order valence-corrected chi connectivity index (χ2v) is 5.14. The molecular formula is C13H30N2. The Kier molecular flexibility index (Phi) is 7.20. The zero-order chi connectivity index (χ0) is 11.9. The Labute approximate surface area is 96.4 Å². The van der Waals surface area contributed by atoms with Crippen molar-refractivity contribution < 1.29 is 0 Å². The van der Waals surface area contributed by atoms with Crippen molar-refractivity contribution in [2.24, 2.45) is 5.92 Å². The van der Waals surface area contributed by atoms with Gasteiger partial charge in [-0.1, -0.05) is 33.6 Å². The van der Waals surface area contributed by atoms with Gasteiger partial charge in [-0.3, -0.25) is 0 Å². The van der Waals surface area contributed by atoms with E-state index in [1.165, 1.54) is 19.4 Å². The van der Waals surface area contributed by atoms with Gasteiger partial charge in [0.25, 0.3) is 0 Å². The molecule has 0 rings (SSSR count). The first kappa shape index (κ1) is 14.9. The first-order chi connectivity index (χ1) is 6.99. The summed E-state index contributed by atoms with van der Waals surface area (Å²) in [6.45, 7) is 14.9. The molecule has 2 heteroatoms. The van der Waals surface area contributed by atoms with Crippen molar-refractivity contribution in [1.29, 1.82) is 0 Å². The Morgan fingerprint density at radius 2 is 1.67 bits per heavy atom. The Morgan fingerprint density at radius 3 is 2.00 bits per heavy atom. The molecule has 15 heavy (non-hydrogen) atoms. The molecule has 0 aliphatic heterocycles. The van der Waals surface area contributed by atoms with Crippen LogP contribution in [0.3, 0.4) is 0 Å². The molecule has 0 bridgehead atoms. The number of nitrogens with zero attached hydrogens (tertiary/aromatic N) is 1. The molecule has 0 spiro atoms. The van der Waals surface area contributed by atoms with Gasteiger partial charge in [-0.05, 0) is 33.4 Å². The van der Waals surface area contributed by atoms with Gasteiger partial charge < -0.3 is 10.2 Å². The van der Waals surface area contributed by atoms with E-state index in [9.17, 15) is 0 Å². The lowest BCUT2D eigenvalue weighted by molar-refractivity contribution is 0.183. The summed E-state index contributed by atoms with van der Waals surface area (Å²) >= 11 is 0. The van der Waals surface area contributed by atoms with Crippen LogP contribution in [0.2, 0.25) is 0 Å². The van der Waals surface area contributed by atoms with E-state index in [-0.39, 0.29) is 5.54 Å². The largest absolute Gasteiger partial charge is 0.314 e. The summed E-state index contributed by atoms with van der Waals surface area (Å²) < 4.78 is 0. The van der Waals surface area contributed by atoms with Gasteiger partial charge >= 0.3 is 0 Å². The van der Waals surface area contributed by atoms with E-state index in [4.69, 9.17) is 0 Å². The van der Waals surface area contributed by atoms with E-state index >= 15 is 0 Å². The lowest BCUT2D eigenvalue weighted by atomic mass is 10.0. The molecule has 92 valence electrons. The lowest BCUT2D eigenvalue weighted by Gasteiger charge is -2.33. The number of hydrogen-bond acceptors (Lipinski definition) is 2. The molecule has 0 heterocycles. The number of hydrogen-bond donors (Lipinski definition) is 1.